The molecule has 0 spiro atoms. The van der Waals surface area contributed by atoms with Crippen LogP contribution in [0.5, 0.6) is 0 Å². The summed E-state index contributed by atoms with van der Waals surface area (Å²) in [6, 6.07) is 1.26. The van der Waals surface area contributed by atoms with Gasteiger partial charge in [-0.25, -0.2) is 0 Å². The van der Waals surface area contributed by atoms with Gasteiger partial charge in [0.25, 0.3) is 0 Å². The molecule has 0 saturated heterocycles. The summed E-state index contributed by atoms with van der Waals surface area (Å²) in [6.07, 6.45) is 9.39. The predicted octanol–water partition coefficient (Wildman–Crippen LogP) is 3.98. The normalized spacial score (nSPS) is 17.5. The molecule has 6 nitrogen and oxygen atoms in total. The van der Waals surface area contributed by atoms with Gasteiger partial charge in [0, 0.05) is 23.6 Å². The van der Waals surface area contributed by atoms with Gasteiger partial charge in [0.1, 0.15) is 0 Å². The first-order valence-electron chi connectivity index (χ1n) is 7.96. The van der Waals surface area contributed by atoms with Gasteiger partial charge in [0.15, 0.2) is 8.68 Å². The van der Waals surface area contributed by atoms with Crippen LogP contribution >= 0.6 is 46.2 Å². The highest BCUT2D eigenvalue weighted by Crippen LogP contribution is 2.31. The molecule has 128 valence electrons. The minimum atomic E-state index is 0.632. The number of thioether (sulfide) groups is 2. The summed E-state index contributed by atoms with van der Waals surface area (Å²) in [4.78, 5) is 0. The number of nitrogens with one attached hydrogen (secondary N) is 2. The van der Waals surface area contributed by atoms with E-state index in [-0.39, 0.29) is 0 Å². The van der Waals surface area contributed by atoms with Gasteiger partial charge in [-0.1, -0.05) is 58.3 Å². The molecule has 2 heterocycles. The van der Waals surface area contributed by atoms with E-state index in [9.17, 15) is 0 Å². The molecule has 2 fully saturated rings. The number of aromatic nitrogens is 4. The number of hydrogen-bond donors (Lipinski definition) is 2. The van der Waals surface area contributed by atoms with Crippen molar-refractivity contribution in [3.63, 3.8) is 0 Å². The van der Waals surface area contributed by atoms with Gasteiger partial charge in [-0.05, 0) is 25.7 Å². The Labute approximate surface area is 157 Å². The first-order valence-corrected chi connectivity index (χ1v) is 11.6. The molecule has 2 aliphatic rings. The van der Waals surface area contributed by atoms with Gasteiger partial charge in [-0.15, -0.1) is 20.4 Å². The smallest absolute Gasteiger partial charge is 0.206 e. The average Bonchev–Trinajstić information content (AvgIpc) is 3.47. The largest absolute Gasteiger partial charge is 0.357 e. The summed E-state index contributed by atoms with van der Waals surface area (Å²) in [5, 5.41) is 25.4. The molecule has 0 bridgehead atoms. The van der Waals surface area contributed by atoms with Crippen molar-refractivity contribution in [3.8, 4) is 0 Å². The summed E-state index contributed by atoms with van der Waals surface area (Å²) in [5.74, 6) is 1.84. The zero-order valence-electron chi connectivity index (χ0n) is 13.0. The zero-order valence-corrected chi connectivity index (χ0v) is 16.2. The number of anilines is 2. The summed E-state index contributed by atoms with van der Waals surface area (Å²) in [6.45, 7) is 0. The Kier molecular flexibility index (Phi) is 5.56. The predicted molar refractivity (Wildman–Crippen MR) is 104 cm³/mol. The molecule has 0 aromatic carbocycles. The number of rotatable bonds is 10. The lowest BCUT2D eigenvalue weighted by molar-refractivity contribution is 0.995. The third kappa shape index (κ3) is 5.33. The van der Waals surface area contributed by atoms with E-state index in [1.165, 1.54) is 25.7 Å². The van der Waals surface area contributed by atoms with E-state index in [0.29, 0.717) is 12.1 Å². The van der Waals surface area contributed by atoms with E-state index in [1.807, 2.05) is 0 Å². The molecule has 2 aliphatic carbocycles. The van der Waals surface area contributed by atoms with Gasteiger partial charge in [-0.3, -0.25) is 0 Å². The summed E-state index contributed by atoms with van der Waals surface area (Å²) in [5.41, 5.74) is 0. The van der Waals surface area contributed by atoms with Crippen LogP contribution in [-0.2, 0) is 0 Å². The van der Waals surface area contributed by atoms with E-state index in [1.54, 1.807) is 46.2 Å². The number of nitrogens with zero attached hydrogens (tertiary/aromatic N) is 4. The Hall–Kier alpha value is -0.840. The van der Waals surface area contributed by atoms with Crippen LogP contribution in [0.4, 0.5) is 10.3 Å². The molecule has 2 aromatic rings. The third-order valence-corrected chi connectivity index (χ3v) is 7.28. The molecule has 10 heteroatoms. The summed E-state index contributed by atoms with van der Waals surface area (Å²) >= 11 is 6.74. The standard InChI is InChI=1S/C14H18N6S4/c1(7-21-13-19-17-11(23-13)15-9-3-4-9)2-8-22-14-20-18-12(24-14)16-10-5-6-10/h1-2,9-10H,3-8H2,(H,15,17)(H,16,18)/b2-1+. The second-order valence-corrected chi connectivity index (χ2v) is 10.2. The quantitative estimate of drug-likeness (QED) is 0.460. The molecular weight excluding hydrogens is 380 g/mol. The van der Waals surface area contributed by atoms with E-state index in [4.69, 9.17) is 0 Å². The molecule has 24 heavy (non-hydrogen) atoms. The fourth-order valence-electron chi connectivity index (χ4n) is 1.83. The molecule has 0 radical (unpaired) electrons. The van der Waals surface area contributed by atoms with Crippen LogP contribution in [0, 0.1) is 0 Å². The van der Waals surface area contributed by atoms with Crippen LogP contribution in [0.25, 0.3) is 0 Å². The Morgan fingerprint density at radius 3 is 1.67 bits per heavy atom. The van der Waals surface area contributed by atoms with Crippen molar-refractivity contribution in [3.05, 3.63) is 12.2 Å². The molecule has 0 aliphatic heterocycles. The van der Waals surface area contributed by atoms with Gasteiger partial charge in [0.05, 0.1) is 0 Å². The summed E-state index contributed by atoms with van der Waals surface area (Å²) < 4.78 is 2.05. The minimum Gasteiger partial charge on any atom is -0.357 e. The second-order valence-electron chi connectivity index (χ2n) is 5.68. The Morgan fingerprint density at radius 1 is 0.792 bits per heavy atom. The van der Waals surface area contributed by atoms with Gasteiger partial charge in [0.2, 0.25) is 10.3 Å². The molecule has 0 amide bonds. The maximum Gasteiger partial charge on any atom is 0.206 e. The Morgan fingerprint density at radius 2 is 1.25 bits per heavy atom. The molecule has 2 N–H and O–H groups in total. The first-order chi connectivity index (χ1) is 11.8. The van der Waals surface area contributed by atoms with Crippen LogP contribution < -0.4 is 10.6 Å². The fourth-order valence-corrected chi connectivity index (χ4v) is 5.24. The van der Waals surface area contributed by atoms with Crippen molar-refractivity contribution >= 4 is 56.5 Å². The first kappa shape index (κ1) is 16.6. The maximum absolute atomic E-state index is 4.20. The van der Waals surface area contributed by atoms with Crippen molar-refractivity contribution in [1.82, 2.24) is 20.4 Å². The molecule has 0 atom stereocenters. The van der Waals surface area contributed by atoms with Crippen molar-refractivity contribution in [2.24, 2.45) is 0 Å². The van der Waals surface area contributed by atoms with Gasteiger partial charge < -0.3 is 10.6 Å². The third-order valence-electron chi connectivity index (χ3n) is 3.40. The van der Waals surface area contributed by atoms with Gasteiger partial charge in [-0.2, -0.15) is 0 Å². The van der Waals surface area contributed by atoms with Crippen LogP contribution in [0.2, 0.25) is 0 Å². The lowest BCUT2D eigenvalue weighted by atomic mass is 10.6. The zero-order chi connectivity index (χ0) is 16.2. The van der Waals surface area contributed by atoms with E-state index < -0.39 is 0 Å². The molecule has 0 unspecified atom stereocenters. The SMILES string of the molecule is C(=C\CSc1nnc(NC2CC2)s1)/CSc1nnc(NC2CC2)s1. The molecular formula is C14H18N6S4. The average molecular weight is 399 g/mol. The Balaban J connectivity index is 1.12. The molecule has 4 rings (SSSR count). The van der Waals surface area contributed by atoms with E-state index in [2.05, 4.69) is 43.2 Å². The fraction of sp³-hybridized carbons (Fsp3) is 0.571. The Bertz CT molecular complexity index is 633. The topological polar surface area (TPSA) is 75.6 Å². The lowest BCUT2D eigenvalue weighted by Crippen LogP contribution is -1.99. The highest BCUT2D eigenvalue weighted by molar-refractivity contribution is 8.01. The molecule has 2 saturated carbocycles. The van der Waals surface area contributed by atoms with Crippen LogP contribution in [0.15, 0.2) is 20.8 Å². The van der Waals surface area contributed by atoms with Crippen molar-refractivity contribution in [2.45, 2.75) is 46.4 Å². The maximum atomic E-state index is 4.20. The molecule has 2 aromatic heterocycles. The minimum absolute atomic E-state index is 0.632. The van der Waals surface area contributed by atoms with Crippen molar-refractivity contribution < 1.29 is 0 Å². The summed E-state index contributed by atoms with van der Waals surface area (Å²) in [7, 11) is 0. The van der Waals surface area contributed by atoms with Crippen molar-refractivity contribution in [1.29, 1.82) is 0 Å². The lowest BCUT2D eigenvalue weighted by Gasteiger charge is -1.94. The monoisotopic (exact) mass is 398 g/mol. The van der Waals surface area contributed by atoms with Crippen LogP contribution in [-0.4, -0.2) is 44.0 Å². The van der Waals surface area contributed by atoms with E-state index >= 15 is 0 Å². The van der Waals surface area contributed by atoms with E-state index in [0.717, 1.165) is 30.4 Å². The highest BCUT2D eigenvalue weighted by Gasteiger charge is 2.23. The van der Waals surface area contributed by atoms with Crippen LogP contribution in [0.1, 0.15) is 25.7 Å². The number of hydrogen-bond acceptors (Lipinski definition) is 10. The van der Waals surface area contributed by atoms with Gasteiger partial charge >= 0.3 is 0 Å². The van der Waals surface area contributed by atoms with Crippen LogP contribution in [0.3, 0.4) is 0 Å². The highest BCUT2D eigenvalue weighted by atomic mass is 32.2. The second kappa shape index (κ2) is 8.03. The van der Waals surface area contributed by atoms with Crippen molar-refractivity contribution in [2.75, 3.05) is 22.1 Å².